The monoisotopic (exact) mass is 381 g/mol. The number of aromatic amines is 1. The Hall–Kier alpha value is -2.56. The number of sulfone groups is 1. The van der Waals surface area contributed by atoms with Crippen molar-refractivity contribution in [2.75, 3.05) is 0 Å². The van der Waals surface area contributed by atoms with Crippen molar-refractivity contribution in [1.82, 2.24) is 4.98 Å². The topological polar surface area (TPSA) is 49.9 Å². The zero-order chi connectivity index (χ0) is 18.1. The Morgan fingerprint density at radius 2 is 1.46 bits per heavy atom. The number of halogens is 1. The molecule has 0 spiro atoms. The van der Waals surface area contributed by atoms with Crippen molar-refractivity contribution in [3.63, 3.8) is 0 Å². The zero-order valence-electron chi connectivity index (χ0n) is 13.8. The predicted molar refractivity (Wildman–Crippen MR) is 105 cm³/mol. The van der Waals surface area contributed by atoms with Crippen molar-refractivity contribution < 1.29 is 8.42 Å². The molecule has 4 aromatic rings. The molecule has 1 aromatic heterocycles. The van der Waals surface area contributed by atoms with Crippen LogP contribution in [0.4, 0.5) is 0 Å². The van der Waals surface area contributed by atoms with Crippen molar-refractivity contribution >= 4 is 32.3 Å². The third-order valence-electron chi connectivity index (χ3n) is 4.46. The van der Waals surface area contributed by atoms with Gasteiger partial charge in [-0.05, 0) is 23.8 Å². The van der Waals surface area contributed by atoms with Gasteiger partial charge in [-0.1, -0.05) is 72.3 Å². The third-order valence-corrected chi connectivity index (χ3v) is 6.85. The number of benzene rings is 3. The summed E-state index contributed by atoms with van der Waals surface area (Å²) in [5, 5.41) is 0.557. The van der Waals surface area contributed by atoms with Crippen LogP contribution in [-0.2, 0) is 9.84 Å². The van der Waals surface area contributed by atoms with E-state index in [4.69, 9.17) is 11.6 Å². The first-order valence-electron chi connectivity index (χ1n) is 8.18. The van der Waals surface area contributed by atoms with Gasteiger partial charge < -0.3 is 4.98 Å². The number of para-hydroxylation sites is 1. The van der Waals surface area contributed by atoms with Gasteiger partial charge in [-0.3, -0.25) is 0 Å². The number of aromatic nitrogens is 1. The van der Waals surface area contributed by atoms with Gasteiger partial charge in [0.25, 0.3) is 0 Å². The highest BCUT2D eigenvalue weighted by atomic mass is 35.5. The number of H-pyrrole nitrogens is 1. The van der Waals surface area contributed by atoms with E-state index < -0.39 is 15.1 Å². The van der Waals surface area contributed by atoms with Gasteiger partial charge in [-0.2, -0.15) is 0 Å². The molecule has 0 saturated heterocycles. The Kier molecular flexibility index (Phi) is 4.31. The second-order valence-corrected chi connectivity index (χ2v) is 8.50. The molecule has 1 heterocycles. The minimum atomic E-state index is -3.64. The Morgan fingerprint density at radius 3 is 2.15 bits per heavy atom. The fraction of sp³-hybridized carbons (Fsp3) is 0.0476. The number of hydrogen-bond acceptors (Lipinski definition) is 2. The average molecular weight is 382 g/mol. The maximum Gasteiger partial charge on any atom is 0.189 e. The van der Waals surface area contributed by atoms with Crippen LogP contribution in [0.25, 0.3) is 10.9 Å². The van der Waals surface area contributed by atoms with Crippen molar-refractivity contribution in [2.45, 2.75) is 10.1 Å². The molecule has 0 aliphatic heterocycles. The summed E-state index contributed by atoms with van der Waals surface area (Å²) in [6.45, 7) is 0. The molecule has 1 N–H and O–H groups in total. The quantitative estimate of drug-likeness (QED) is 0.515. The lowest BCUT2D eigenvalue weighted by Crippen LogP contribution is -2.15. The van der Waals surface area contributed by atoms with E-state index in [0.29, 0.717) is 15.5 Å². The Morgan fingerprint density at radius 1 is 0.808 bits per heavy atom. The summed E-state index contributed by atoms with van der Waals surface area (Å²) < 4.78 is 27.0. The highest BCUT2D eigenvalue weighted by Crippen LogP contribution is 2.39. The zero-order valence-corrected chi connectivity index (χ0v) is 15.3. The first kappa shape index (κ1) is 16.9. The van der Waals surface area contributed by atoms with Crippen LogP contribution in [0.15, 0.2) is 90.0 Å². The largest absolute Gasteiger partial charge is 0.360 e. The molecule has 0 amide bonds. The second-order valence-electron chi connectivity index (χ2n) is 6.06. The standard InChI is InChI=1S/C21H16ClNO2S/c22-19-13-7-12-17-18(14-23-20(17)19)21(15-8-3-1-4-9-15)26(24,25)16-10-5-2-6-11-16/h1-14,21,23H. The molecular formula is C21H16ClNO2S. The molecule has 5 heteroatoms. The lowest BCUT2D eigenvalue weighted by molar-refractivity contribution is 0.589. The Labute approximate surface area is 157 Å². The van der Waals surface area contributed by atoms with Gasteiger partial charge in [0.05, 0.1) is 15.4 Å². The van der Waals surface area contributed by atoms with Crippen LogP contribution in [0.2, 0.25) is 5.02 Å². The number of fused-ring (bicyclic) bond motifs is 1. The number of nitrogens with one attached hydrogen (secondary N) is 1. The average Bonchev–Trinajstić information content (AvgIpc) is 3.08. The molecule has 0 bridgehead atoms. The molecule has 4 rings (SSSR count). The highest BCUT2D eigenvalue weighted by molar-refractivity contribution is 7.92. The molecular weight excluding hydrogens is 366 g/mol. The van der Waals surface area contributed by atoms with Crippen LogP contribution < -0.4 is 0 Å². The van der Waals surface area contributed by atoms with Crippen molar-refractivity contribution in [2.24, 2.45) is 0 Å². The van der Waals surface area contributed by atoms with Crippen LogP contribution in [0, 0.1) is 0 Å². The summed E-state index contributed by atoms with van der Waals surface area (Å²) in [5.74, 6) is 0. The highest BCUT2D eigenvalue weighted by Gasteiger charge is 2.32. The van der Waals surface area contributed by atoms with Gasteiger partial charge in [-0.15, -0.1) is 0 Å². The number of rotatable bonds is 4. The summed E-state index contributed by atoms with van der Waals surface area (Å²) in [6.07, 6.45) is 1.74. The summed E-state index contributed by atoms with van der Waals surface area (Å²) in [6, 6.07) is 23.3. The summed E-state index contributed by atoms with van der Waals surface area (Å²) in [4.78, 5) is 3.43. The van der Waals surface area contributed by atoms with Gasteiger partial charge in [0, 0.05) is 17.1 Å². The maximum atomic E-state index is 13.5. The lowest BCUT2D eigenvalue weighted by atomic mass is 10.0. The van der Waals surface area contributed by atoms with E-state index in [9.17, 15) is 8.42 Å². The molecule has 130 valence electrons. The smallest absolute Gasteiger partial charge is 0.189 e. The van der Waals surface area contributed by atoms with E-state index in [1.807, 2.05) is 48.5 Å². The van der Waals surface area contributed by atoms with Crippen molar-refractivity contribution in [3.8, 4) is 0 Å². The molecule has 0 saturated carbocycles. The lowest BCUT2D eigenvalue weighted by Gasteiger charge is -2.18. The summed E-state index contributed by atoms with van der Waals surface area (Å²) in [7, 11) is -3.64. The fourth-order valence-electron chi connectivity index (χ4n) is 3.26. The molecule has 26 heavy (non-hydrogen) atoms. The van der Waals surface area contributed by atoms with E-state index in [1.165, 1.54) is 0 Å². The van der Waals surface area contributed by atoms with E-state index in [2.05, 4.69) is 4.98 Å². The first-order valence-corrected chi connectivity index (χ1v) is 10.1. The maximum absolute atomic E-state index is 13.5. The minimum absolute atomic E-state index is 0.297. The van der Waals surface area contributed by atoms with Crippen molar-refractivity contribution in [3.05, 3.63) is 101 Å². The Bertz CT molecular complexity index is 1150. The van der Waals surface area contributed by atoms with Crippen LogP contribution >= 0.6 is 11.6 Å². The predicted octanol–water partition coefficient (Wildman–Crippen LogP) is 5.38. The van der Waals surface area contributed by atoms with Gasteiger partial charge in [0.15, 0.2) is 9.84 Å². The second kappa shape index (κ2) is 6.63. The molecule has 1 atom stereocenters. The molecule has 0 radical (unpaired) electrons. The van der Waals surface area contributed by atoms with Gasteiger partial charge in [0.1, 0.15) is 5.25 Å². The summed E-state index contributed by atoms with van der Waals surface area (Å²) >= 11 is 6.27. The van der Waals surface area contributed by atoms with Crippen LogP contribution in [0.3, 0.4) is 0 Å². The van der Waals surface area contributed by atoms with Crippen molar-refractivity contribution in [1.29, 1.82) is 0 Å². The molecule has 3 aromatic carbocycles. The molecule has 0 aliphatic carbocycles. The van der Waals surface area contributed by atoms with E-state index in [0.717, 1.165) is 16.5 Å². The minimum Gasteiger partial charge on any atom is -0.360 e. The van der Waals surface area contributed by atoms with Gasteiger partial charge in [-0.25, -0.2) is 8.42 Å². The fourth-order valence-corrected chi connectivity index (χ4v) is 5.34. The third kappa shape index (κ3) is 2.81. The van der Waals surface area contributed by atoms with E-state index >= 15 is 0 Å². The van der Waals surface area contributed by atoms with Crippen LogP contribution in [-0.4, -0.2) is 13.4 Å². The number of hydrogen-bond donors (Lipinski definition) is 1. The van der Waals surface area contributed by atoms with Gasteiger partial charge in [0.2, 0.25) is 0 Å². The molecule has 0 aliphatic rings. The Balaban J connectivity index is 2.00. The molecule has 3 nitrogen and oxygen atoms in total. The first-order chi connectivity index (χ1) is 12.6. The summed E-state index contributed by atoms with van der Waals surface area (Å²) in [5.41, 5.74) is 2.16. The van der Waals surface area contributed by atoms with E-state index in [1.54, 1.807) is 36.5 Å². The van der Waals surface area contributed by atoms with E-state index in [-0.39, 0.29) is 0 Å². The normalized spacial score (nSPS) is 13.0. The molecule has 0 fully saturated rings. The SMILES string of the molecule is O=S(=O)(c1ccccc1)C(c1ccccc1)c1c[nH]c2c(Cl)cccc12. The van der Waals surface area contributed by atoms with Crippen LogP contribution in [0.1, 0.15) is 16.4 Å². The molecule has 1 unspecified atom stereocenters. The van der Waals surface area contributed by atoms with Gasteiger partial charge >= 0.3 is 0 Å². The van der Waals surface area contributed by atoms with Crippen LogP contribution in [0.5, 0.6) is 0 Å².